The Balaban J connectivity index is 2.67. The van der Waals surface area contributed by atoms with E-state index in [9.17, 15) is 4.79 Å². The zero-order chi connectivity index (χ0) is 13.8. The van der Waals surface area contributed by atoms with Crippen molar-refractivity contribution in [1.29, 1.82) is 0 Å². The molecule has 0 aliphatic carbocycles. The largest absolute Gasteiger partial charge is 0.339 e. The van der Waals surface area contributed by atoms with Crippen LogP contribution in [-0.2, 0) is 11.2 Å². The normalized spacial score (nSPS) is 13.2. The lowest BCUT2D eigenvalue weighted by molar-refractivity contribution is -0.136. The van der Waals surface area contributed by atoms with Gasteiger partial charge in [-0.2, -0.15) is 0 Å². The Labute approximate surface area is 110 Å². The Bertz CT molecular complexity index is 387. The molecule has 0 radical (unpaired) electrons. The van der Waals surface area contributed by atoms with E-state index in [4.69, 9.17) is 5.73 Å². The average Bonchev–Trinajstić information content (AvgIpc) is 2.38. The fraction of sp³-hybridized carbons (Fsp3) is 0.533. The molecular formula is C15H24N2O. The SMILES string of the molecule is CCC(C)(C)N(C)C(=O)C(N)Cc1ccccc1. The van der Waals surface area contributed by atoms with Gasteiger partial charge in [0, 0.05) is 12.6 Å². The second-order valence-corrected chi connectivity index (χ2v) is 5.36. The molecule has 1 unspecified atom stereocenters. The zero-order valence-corrected chi connectivity index (χ0v) is 11.8. The first-order valence-corrected chi connectivity index (χ1v) is 6.45. The lowest BCUT2D eigenvalue weighted by Gasteiger charge is -2.36. The molecule has 0 aliphatic heterocycles. The first-order chi connectivity index (χ1) is 8.38. The molecule has 0 saturated heterocycles. The van der Waals surface area contributed by atoms with Crippen LogP contribution in [0.3, 0.4) is 0 Å². The third-order valence-electron chi connectivity index (χ3n) is 3.72. The molecule has 0 spiro atoms. The minimum absolute atomic E-state index is 0.00528. The maximum absolute atomic E-state index is 12.3. The van der Waals surface area contributed by atoms with Gasteiger partial charge in [0.05, 0.1) is 6.04 Å². The Morgan fingerprint density at radius 3 is 2.39 bits per heavy atom. The van der Waals surface area contributed by atoms with Crippen LogP contribution in [0, 0.1) is 0 Å². The van der Waals surface area contributed by atoms with Crippen molar-refractivity contribution in [2.45, 2.75) is 45.2 Å². The number of carbonyl (C=O) groups excluding carboxylic acids is 1. The summed E-state index contributed by atoms with van der Waals surface area (Å²) in [4.78, 5) is 14.0. The summed E-state index contributed by atoms with van der Waals surface area (Å²) in [6, 6.07) is 9.42. The van der Waals surface area contributed by atoms with Gasteiger partial charge in [0.15, 0.2) is 0 Å². The van der Waals surface area contributed by atoms with Crippen LogP contribution in [0.5, 0.6) is 0 Å². The van der Waals surface area contributed by atoms with Crippen molar-refractivity contribution in [3.05, 3.63) is 35.9 Å². The van der Waals surface area contributed by atoms with Gasteiger partial charge in [-0.3, -0.25) is 4.79 Å². The van der Waals surface area contributed by atoms with Crippen LogP contribution < -0.4 is 5.73 Å². The van der Waals surface area contributed by atoms with Gasteiger partial charge in [0.1, 0.15) is 0 Å². The number of hydrogen-bond acceptors (Lipinski definition) is 2. The molecule has 1 rings (SSSR count). The topological polar surface area (TPSA) is 46.3 Å². The molecule has 100 valence electrons. The summed E-state index contributed by atoms with van der Waals surface area (Å²) >= 11 is 0. The molecule has 0 fully saturated rings. The summed E-state index contributed by atoms with van der Waals surface area (Å²) < 4.78 is 0. The lowest BCUT2D eigenvalue weighted by atomic mass is 9.97. The first-order valence-electron chi connectivity index (χ1n) is 6.45. The van der Waals surface area contributed by atoms with E-state index >= 15 is 0 Å². The summed E-state index contributed by atoms with van der Waals surface area (Å²) in [6.07, 6.45) is 1.50. The fourth-order valence-corrected chi connectivity index (χ4v) is 1.74. The average molecular weight is 248 g/mol. The van der Waals surface area contributed by atoms with Gasteiger partial charge in [0.25, 0.3) is 0 Å². The van der Waals surface area contributed by atoms with Crippen molar-refractivity contribution in [2.24, 2.45) is 5.73 Å². The smallest absolute Gasteiger partial charge is 0.240 e. The maximum Gasteiger partial charge on any atom is 0.240 e. The summed E-state index contributed by atoms with van der Waals surface area (Å²) in [7, 11) is 1.83. The van der Waals surface area contributed by atoms with Gasteiger partial charge in [-0.05, 0) is 32.3 Å². The van der Waals surface area contributed by atoms with Gasteiger partial charge >= 0.3 is 0 Å². The Morgan fingerprint density at radius 1 is 1.33 bits per heavy atom. The van der Waals surface area contributed by atoms with E-state index in [1.54, 1.807) is 4.90 Å². The van der Waals surface area contributed by atoms with Crippen molar-refractivity contribution in [3.63, 3.8) is 0 Å². The van der Waals surface area contributed by atoms with E-state index in [1.165, 1.54) is 0 Å². The Kier molecular flexibility index (Phi) is 4.91. The van der Waals surface area contributed by atoms with Gasteiger partial charge in [-0.15, -0.1) is 0 Å². The third-order valence-corrected chi connectivity index (χ3v) is 3.72. The van der Waals surface area contributed by atoms with Crippen molar-refractivity contribution in [2.75, 3.05) is 7.05 Å². The zero-order valence-electron chi connectivity index (χ0n) is 11.8. The summed E-state index contributed by atoms with van der Waals surface area (Å²) in [5.41, 5.74) is 6.96. The highest BCUT2D eigenvalue weighted by atomic mass is 16.2. The van der Waals surface area contributed by atoms with E-state index in [0.717, 1.165) is 12.0 Å². The van der Waals surface area contributed by atoms with Crippen LogP contribution in [0.15, 0.2) is 30.3 Å². The second kappa shape index (κ2) is 6.01. The predicted octanol–water partition coefficient (Wildman–Crippen LogP) is 2.20. The standard InChI is InChI=1S/C15H24N2O/c1-5-15(2,3)17(4)14(18)13(16)11-12-9-7-6-8-10-12/h6-10,13H,5,11,16H2,1-4H3. The Hall–Kier alpha value is -1.35. The minimum Gasteiger partial charge on any atom is -0.339 e. The van der Waals surface area contributed by atoms with Crippen LogP contribution in [0.4, 0.5) is 0 Å². The molecular weight excluding hydrogens is 224 g/mol. The van der Waals surface area contributed by atoms with Crippen LogP contribution >= 0.6 is 0 Å². The summed E-state index contributed by atoms with van der Waals surface area (Å²) in [5, 5.41) is 0. The van der Waals surface area contributed by atoms with Crippen LogP contribution in [-0.4, -0.2) is 29.4 Å². The number of carbonyl (C=O) groups is 1. The fourth-order valence-electron chi connectivity index (χ4n) is 1.74. The molecule has 0 aliphatic rings. The van der Waals surface area contributed by atoms with Crippen molar-refractivity contribution >= 4 is 5.91 Å². The monoisotopic (exact) mass is 248 g/mol. The van der Waals surface area contributed by atoms with Crippen molar-refractivity contribution in [3.8, 4) is 0 Å². The highest BCUT2D eigenvalue weighted by molar-refractivity contribution is 5.82. The molecule has 3 nitrogen and oxygen atoms in total. The van der Waals surface area contributed by atoms with Gasteiger partial charge in [0.2, 0.25) is 5.91 Å². The molecule has 1 amide bonds. The maximum atomic E-state index is 12.3. The number of nitrogens with zero attached hydrogens (tertiary/aromatic N) is 1. The third kappa shape index (κ3) is 3.57. The van der Waals surface area contributed by atoms with E-state index in [0.29, 0.717) is 6.42 Å². The van der Waals surface area contributed by atoms with E-state index in [2.05, 4.69) is 20.8 Å². The van der Waals surface area contributed by atoms with E-state index < -0.39 is 6.04 Å². The molecule has 0 aromatic heterocycles. The lowest BCUT2D eigenvalue weighted by Crippen LogP contribution is -2.51. The molecule has 1 aromatic rings. The molecule has 0 heterocycles. The number of rotatable bonds is 5. The molecule has 0 saturated carbocycles. The Morgan fingerprint density at radius 2 is 1.89 bits per heavy atom. The number of nitrogens with two attached hydrogens (primary N) is 1. The van der Waals surface area contributed by atoms with Crippen LogP contribution in [0.25, 0.3) is 0 Å². The molecule has 0 bridgehead atoms. The minimum atomic E-state index is -0.469. The molecule has 3 heteroatoms. The number of hydrogen-bond donors (Lipinski definition) is 1. The number of amides is 1. The van der Waals surface area contributed by atoms with Crippen molar-refractivity contribution in [1.82, 2.24) is 4.90 Å². The van der Waals surface area contributed by atoms with Gasteiger partial charge in [-0.1, -0.05) is 37.3 Å². The van der Waals surface area contributed by atoms with Gasteiger partial charge < -0.3 is 10.6 Å². The highest BCUT2D eigenvalue weighted by Crippen LogP contribution is 2.17. The van der Waals surface area contributed by atoms with E-state index in [1.807, 2.05) is 37.4 Å². The highest BCUT2D eigenvalue weighted by Gasteiger charge is 2.28. The predicted molar refractivity (Wildman–Crippen MR) is 75.3 cm³/mol. The quantitative estimate of drug-likeness (QED) is 0.868. The number of likely N-dealkylation sites (N-methyl/N-ethyl adjacent to an activating group) is 1. The summed E-state index contributed by atoms with van der Waals surface area (Å²) in [5.74, 6) is 0.00528. The number of benzene rings is 1. The van der Waals surface area contributed by atoms with Gasteiger partial charge in [-0.25, -0.2) is 0 Å². The molecule has 1 atom stereocenters. The summed E-state index contributed by atoms with van der Waals surface area (Å²) in [6.45, 7) is 6.19. The molecule has 2 N–H and O–H groups in total. The first kappa shape index (κ1) is 14.7. The van der Waals surface area contributed by atoms with E-state index in [-0.39, 0.29) is 11.4 Å². The van der Waals surface area contributed by atoms with Crippen LogP contribution in [0.1, 0.15) is 32.8 Å². The van der Waals surface area contributed by atoms with Crippen molar-refractivity contribution < 1.29 is 4.79 Å². The van der Waals surface area contributed by atoms with Crippen LogP contribution in [0.2, 0.25) is 0 Å². The molecule has 18 heavy (non-hydrogen) atoms. The molecule has 1 aromatic carbocycles. The second-order valence-electron chi connectivity index (χ2n) is 5.36.